The topological polar surface area (TPSA) is 60.6 Å². The summed E-state index contributed by atoms with van der Waals surface area (Å²) < 4.78 is 5.51. The van der Waals surface area contributed by atoms with Gasteiger partial charge in [-0.2, -0.15) is 0 Å². The first-order chi connectivity index (χ1) is 14.2. The number of anilines is 1. The number of rotatable bonds is 5. The van der Waals surface area contributed by atoms with Gasteiger partial charge in [0.1, 0.15) is 5.75 Å². The molecule has 1 saturated heterocycles. The Bertz CT molecular complexity index is 989. The van der Waals surface area contributed by atoms with Gasteiger partial charge in [-0.3, -0.25) is 0 Å². The van der Waals surface area contributed by atoms with Gasteiger partial charge >= 0.3 is 6.03 Å². The average molecular weight is 393 g/mol. The maximum atomic E-state index is 12.6. The molecule has 0 spiro atoms. The van der Waals surface area contributed by atoms with Crippen molar-refractivity contribution in [2.24, 2.45) is 0 Å². The van der Waals surface area contributed by atoms with Crippen LogP contribution in [0.4, 0.5) is 10.5 Å². The molecule has 1 aliphatic heterocycles. The standard InChI is InChI=1S/C23H28N4O2/c1-17-7-8-22(29-2)21(15-17)26-11-13-27(14-12-26)23(28)24-10-9-18-16-25-20-6-4-3-5-19(18)20/h3-8,15-16,25H,9-14H2,1-2H3,(H,24,28). The molecule has 0 saturated carbocycles. The van der Waals surface area contributed by atoms with Gasteiger partial charge in [0, 0.05) is 49.8 Å². The van der Waals surface area contributed by atoms with E-state index in [1.807, 2.05) is 29.3 Å². The van der Waals surface area contributed by atoms with Crippen LogP contribution in [0.3, 0.4) is 0 Å². The molecule has 3 aromatic rings. The van der Waals surface area contributed by atoms with Crippen LogP contribution in [-0.4, -0.2) is 55.7 Å². The van der Waals surface area contributed by atoms with Gasteiger partial charge in [-0.1, -0.05) is 24.3 Å². The van der Waals surface area contributed by atoms with E-state index >= 15 is 0 Å². The average Bonchev–Trinajstić information content (AvgIpc) is 3.17. The van der Waals surface area contributed by atoms with Crippen molar-refractivity contribution in [2.45, 2.75) is 13.3 Å². The predicted molar refractivity (Wildman–Crippen MR) is 117 cm³/mol. The minimum atomic E-state index is 0.0145. The highest BCUT2D eigenvalue weighted by molar-refractivity contribution is 5.83. The van der Waals surface area contributed by atoms with E-state index in [-0.39, 0.29) is 6.03 Å². The highest BCUT2D eigenvalue weighted by Gasteiger charge is 2.23. The van der Waals surface area contributed by atoms with E-state index in [0.717, 1.165) is 36.5 Å². The molecule has 152 valence electrons. The van der Waals surface area contributed by atoms with E-state index in [2.05, 4.69) is 46.4 Å². The van der Waals surface area contributed by atoms with E-state index in [1.165, 1.54) is 16.5 Å². The molecule has 4 rings (SSSR count). The van der Waals surface area contributed by atoms with Crippen LogP contribution in [-0.2, 0) is 6.42 Å². The molecule has 0 bridgehead atoms. The molecule has 0 aliphatic carbocycles. The number of hydrogen-bond acceptors (Lipinski definition) is 3. The second kappa shape index (κ2) is 8.47. The fourth-order valence-electron chi connectivity index (χ4n) is 3.95. The Labute approximate surface area is 171 Å². The van der Waals surface area contributed by atoms with Gasteiger partial charge in [0.15, 0.2) is 0 Å². The van der Waals surface area contributed by atoms with Crippen molar-refractivity contribution in [3.8, 4) is 5.75 Å². The molecular formula is C23H28N4O2. The summed E-state index contributed by atoms with van der Waals surface area (Å²) in [5.41, 5.74) is 4.68. The summed E-state index contributed by atoms with van der Waals surface area (Å²) in [4.78, 5) is 20.0. The number of fused-ring (bicyclic) bond motifs is 1. The Kier molecular flexibility index (Phi) is 5.60. The number of aromatic nitrogens is 1. The van der Waals surface area contributed by atoms with Gasteiger partial charge < -0.3 is 24.8 Å². The molecule has 29 heavy (non-hydrogen) atoms. The molecule has 2 heterocycles. The Hall–Kier alpha value is -3.15. The predicted octanol–water partition coefficient (Wildman–Crippen LogP) is 3.56. The molecule has 1 aromatic heterocycles. The molecule has 0 radical (unpaired) electrons. The number of H-pyrrole nitrogens is 1. The summed E-state index contributed by atoms with van der Waals surface area (Å²) in [7, 11) is 1.70. The lowest BCUT2D eigenvalue weighted by Crippen LogP contribution is -2.52. The Morgan fingerprint density at radius 1 is 1.14 bits per heavy atom. The smallest absolute Gasteiger partial charge is 0.317 e. The second-order valence-corrected chi connectivity index (χ2v) is 7.49. The van der Waals surface area contributed by atoms with E-state index < -0.39 is 0 Å². The van der Waals surface area contributed by atoms with Crippen molar-refractivity contribution in [1.29, 1.82) is 0 Å². The zero-order valence-corrected chi connectivity index (χ0v) is 17.1. The van der Waals surface area contributed by atoms with Gasteiger partial charge in [-0.25, -0.2) is 4.79 Å². The fraction of sp³-hybridized carbons (Fsp3) is 0.348. The van der Waals surface area contributed by atoms with Crippen LogP contribution in [0.1, 0.15) is 11.1 Å². The molecule has 2 amide bonds. The summed E-state index contributed by atoms with van der Waals surface area (Å²) in [6.07, 6.45) is 2.85. The van der Waals surface area contributed by atoms with Crippen LogP contribution in [0, 0.1) is 6.92 Å². The maximum Gasteiger partial charge on any atom is 0.317 e. The van der Waals surface area contributed by atoms with Crippen molar-refractivity contribution in [3.05, 3.63) is 59.8 Å². The summed E-state index contributed by atoms with van der Waals surface area (Å²) in [6, 6.07) is 14.5. The minimum Gasteiger partial charge on any atom is -0.495 e. The van der Waals surface area contributed by atoms with E-state index in [4.69, 9.17) is 4.74 Å². The van der Waals surface area contributed by atoms with Crippen molar-refractivity contribution >= 4 is 22.6 Å². The van der Waals surface area contributed by atoms with Crippen LogP contribution in [0.5, 0.6) is 5.75 Å². The number of carbonyl (C=O) groups excluding carboxylic acids is 1. The minimum absolute atomic E-state index is 0.0145. The number of amides is 2. The van der Waals surface area contributed by atoms with E-state index in [9.17, 15) is 4.79 Å². The van der Waals surface area contributed by atoms with Crippen LogP contribution < -0.4 is 15.0 Å². The summed E-state index contributed by atoms with van der Waals surface area (Å²) in [6.45, 7) is 5.73. The van der Waals surface area contributed by atoms with Crippen LogP contribution in [0.2, 0.25) is 0 Å². The number of piperazine rings is 1. The molecule has 6 nitrogen and oxygen atoms in total. The number of urea groups is 1. The van der Waals surface area contributed by atoms with Gasteiger partial charge in [-0.05, 0) is 42.7 Å². The number of para-hydroxylation sites is 1. The molecule has 0 atom stereocenters. The molecule has 6 heteroatoms. The van der Waals surface area contributed by atoms with Gasteiger partial charge in [0.25, 0.3) is 0 Å². The number of nitrogens with one attached hydrogen (secondary N) is 2. The van der Waals surface area contributed by atoms with Crippen molar-refractivity contribution in [3.63, 3.8) is 0 Å². The van der Waals surface area contributed by atoms with Crippen LogP contribution in [0.25, 0.3) is 10.9 Å². The summed E-state index contributed by atoms with van der Waals surface area (Å²) >= 11 is 0. The molecule has 1 aliphatic rings. The number of hydrogen-bond donors (Lipinski definition) is 2. The second-order valence-electron chi connectivity index (χ2n) is 7.49. The number of ether oxygens (including phenoxy) is 1. The van der Waals surface area contributed by atoms with Crippen molar-refractivity contribution in [2.75, 3.05) is 44.7 Å². The van der Waals surface area contributed by atoms with E-state index in [1.54, 1.807) is 7.11 Å². The first kappa shape index (κ1) is 19.2. The first-order valence-electron chi connectivity index (χ1n) is 10.1. The third kappa shape index (κ3) is 4.16. The van der Waals surface area contributed by atoms with Gasteiger partial charge in [-0.15, -0.1) is 0 Å². The molecule has 2 N–H and O–H groups in total. The third-order valence-corrected chi connectivity index (χ3v) is 5.59. The highest BCUT2D eigenvalue weighted by atomic mass is 16.5. The lowest BCUT2D eigenvalue weighted by atomic mass is 10.1. The van der Waals surface area contributed by atoms with Crippen molar-refractivity contribution in [1.82, 2.24) is 15.2 Å². The molecule has 1 fully saturated rings. The molecular weight excluding hydrogens is 364 g/mol. The largest absolute Gasteiger partial charge is 0.495 e. The number of methoxy groups -OCH3 is 1. The number of benzene rings is 2. The number of carbonyl (C=O) groups is 1. The molecule has 2 aromatic carbocycles. The normalized spacial score (nSPS) is 14.3. The Balaban J connectivity index is 1.29. The quantitative estimate of drug-likeness (QED) is 0.698. The van der Waals surface area contributed by atoms with Gasteiger partial charge in [0.05, 0.1) is 12.8 Å². The lowest BCUT2D eigenvalue weighted by molar-refractivity contribution is 0.194. The lowest BCUT2D eigenvalue weighted by Gasteiger charge is -2.36. The maximum absolute atomic E-state index is 12.6. The third-order valence-electron chi connectivity index (χ3n) is 5.59. The fourth-order valence-corrected chi connectivity index (χ4v) is 3.95. The van der Waals surface area contributed by atoms with Crippen LogP contribution in [0.15, 0.2) is 48.7 Å². The summed E-state index contributed by atoms with van der Waals surface area (Å²) in [5, 5.41) is 4.30. The monoisotopic (exact) mass is 392 g/mol. The van der Waals surface area contributed by atoms with Gasteiger partial charge in [0.2, 0.25) is 0 Å². The first-order valence-corrected chi connectivity index (χ1v) is 10.1. The zero-order chi connectivity index (χ0) is 20.2. The number of aromatic amines is 1. The molecule has 0 unspecified atom stereocenters. The highest BCUT2D eigenvalue weighted by Crippen LogP contribution is 2.30. The van der Waals surface area contributed by atoms with Crippen LogP contribution >= 0.6 is 0 Å². The zero-order valence-electron chi connectivity index (χ0n) is 17.1. The van der Waals surface area contributed by atoms with Crippen molar-refractivity contribution < 1.29 is 9.53 Å². The Morgan fingerprint density at radius 3 is 2.72 bits per heavy atom. The summed E-state index contributed by atoms with van der Waals surface area (Å²) in [5.74, 6) is 0.882. The van der Waals surface area contributed by atoms with E-state index in [0.29, 0.717) is 19.6 Å². The SMILES string of the molecule is COc1ccc(C)cc1N1CCN(C(=O)NCCc2c[nH]c3ccccc23)CC1. The number of nitrogens with zero attached hydrogens (tertiary/aromatic N) is 2. The number of aryl methyl sites for hydroxylation is 1. The Morgan fingerprint density at radius 2 is 1.93 bits per heavy atom.